The van der Waals surface area contributed by atoms with E-state index in [0.717, 1.165) is 0 Å². The first-order valence-corrected chi connectivity index (χ1v) is 3.60. The quantitative estimate of drug-likeness (QED) is 0.574. The van der Waals surface area contributed by atoms with Gasteiger partial charge in [0, 0.05) is 6.04 Å². The van der Waals surface area contributed by atoms with Gasteiger partial charge in [-0.2, -0.15) is 0 Å². The lowest BCUT2D eigenvalue weighted by Gasteiger charge is -2.14. The largest absolute Gasteiger partial charge is 0.327 e. The van der Waals surface area contributed by atoms with Gasteiger partial charge in [-0.1, -0.05) is 19.4 Å². The molecule has 0 rings (SSSR count). The Balaban J connectivity index is 3.54. The molecule has 2 N–H and O–H groups in total. The molecular weight excluding hydrogens is 110 g/mol. The van der Waals surface area contributed by atoms with Crippen molar-refractivity contribution >= 4 is 0 Å². The first kappa shape index (κ1) is 8.70. The molecular formula is C8H17N. The van der Waals surface area contributed by atoms with Crippen LogP contribution in [0, 0.1) is 5.92 Å². The lowest BCUT2D eigenvalue weighted by Crippen LogP contribution is -2.24. The number of rotatable bonds is 4. The molecule has 2 atom stereocenters. The predicted molar refractivity (Wildman–Crippen MR) is 42.2 cm³/mol. The molecule has 9 heavy (non-hydrogen) atoms. The highest BCUT2D eigenvalue weighted by Crippen LogP contribution is 2.09. The second-order valence-electron chi connectivity index (χ2n) is 2.55. The molecule has 0 fully saturated rings. The highest BCUT2D eigenvalue weighted by molar-refractivity contribution is 4.84. The highest BCUT2D eigenvalue weighted by Gasteiger charge is 2.06. The predicted octanol–water partition coefficient (Wildman–Crippen LogP) is 1.94. The van der Waals surface area contributed by atoms with E-state index in [0.29, 0.717) is 5.92 Å². The molecule has 1 heteroatoms. The van der Waals surface area contributed by atoms with Gasteiger partial charge in [0.2, 0.25) is 0 Å². The fourth-order valence-electron chi connectivity index (χ4n) is 0.929. The standard InChI is InChI=1S/C8H17N/c1-4-6-8(5-2)7(3)9/h5,7-8H,2,4,6,9H2,1,3H3/t7-,8?/m1/s1. The van der Waals surface area contributed by atoms with Gasteiger partial charge >= 0.3 is 0 Å². The van der Waals surface area contributed by atoms with E-state index >= 15 is 0 Å². The maximum absolute atomic E-state index is 5.66. The number of nitrogens with two attached hydrogens (primary N) is 1. The van der Waals surface area contributed by atoms with Crippen molar-refractivity contribution in [3.63, 3.8) is 0 Å². The maximum atomic E-state index is 5.66. The molecule has 0 bridgehead atoms. The van der Waals surface area contributed by atoms with Crippen LogP contribution in [-0.2, 0) is 0 Å². The fraction of sp³-hybridized carbons (Fsp3) is 0.750. The molecule has 0 aliphatic carbocycles. The Kier molecular flexibility index (Phi) is 4.41. The van der Waals surface area contributed by atoms with E-state index in [1.54, 1.807) is 0 Å². The first-order chi connectivity index (χ1) is 4.22. The monoisotopic (exact) mass is 127 g/mol. The summed E-state index contributed by atoms with van der Waals surface area (Å²) < 4.78 is 0. The summed E-state index contributed by atoms with van der Waals surface area (Å²) >= 11 is 0. The summed E-state index contributed by atoms with van der Waals surface area (Å²) in [4.78, 5) is 0. The molecule has 0 spiro atoms. The van der Waals surface area contributed by atoms with Crippen LogP contribution in [0.25, 0.3) is 0 Å². The van der Waals surface area contributed by atoms with Crippen LogP contribution < -0.4 is 5.73 Å². The summed E-state index contributed by atoms with van der Waals surface area (Å²) in [7, 11) is 0. The molecule has 0 aromatic rings. The molecule has 0 heterocycles. The van der Waals surface area contributed by atoms with Gasteiger partial charge in [0.05, 0.1) is 0 Å². The van der Waals surface area contributed by atoms with Crippen LogP contribution in [0.3, 0.4) is 0 Å². The van der Waals surface area contributed by atoms with Crippen LogP contribution in [0.2, 0.25) is 0 Å². The van der Waals surface area contributed by atoms with Crippen molar-refractivity contribution in [2.45, 2.75) is 32.7 Å². The average molecular weight is 127 g/mol. The maximum Gasteiger partial charge on any atom is 0.00732 e. The molecule has 0 aliphatic heterocycles. The molecule has 1 nitrogen and oxygen atoms in total. The van der Waals surface area contributed by atoms with Crippen molar-refractivity contribution in [1.82, 2.24) is 0 Å². The zero-order valence-corrected chi connectivity index (χ0v) is 6.43. The molecule has 54 valence electrons. The van der Waals surface area contributed by atoms with Crippen molar-refractivity contribution in [2.24, 2.45) is 11.7 Å². The zero-order valence-electron chi connectivity index (χ0n) is 6.43. The lowest BCUT2D eigenvalue weighted by atomic mass is 9.97. The Morgan fingerprint density at radius 3 is 2.33 bits per heavy atom. The van der Waals surface area contributed by atoms with Gasteiger partial charge in [-0.05, 0) is 19.3 Å². The van der Waals surface area contributed by atoms with Gasteiger partial charge in [0.25, 0.3) is 0 Å². The summed E-state index contributed by atoms with van der Waals surface area (Å²) in [5.74, 6) is 0.509. The Labute approximate surface area is 57.9 Å². The molecule has 0 radical (unpaired) electrons. The van der Waals surface area contributed by atoms with Gasteiger partial charge in [0.1, 0.15) is 0 Å². The van der Waals surface area contributed by atoms with E-state index in [4.69, 9.17) is 5.73 Å². The number of hydrogen-bond acceptors (Lipinski definition) is 1. The van der Waals surface area contributed by atoms with Crippen LogP contribution in [-0.4, -0.2) is 6.04 Å². The second kappa shape index (κ2) is 4.57. The van der Waals surface area contributed by atoms with Crippen LogP contribution in [0.15, 0.2) is 12.7 Å². The normalized spacial score (nSPS) is 16.8. The van der Waals surface area contributed by atoms with E-state index in [1.807, 2.05) is 13.0 Å². The highest BCUT2D eigenvalue weighted by atomic mass is 14.6. The molecule has 0 saturated heterocycles. The minimum Gasteiger partial charge on any atom is -0.327 e. The topological polar surface area (TPSA) is 26.0 Å². The summed E-state index contributed by atoms with van der Waals surface area (Å²) in [6, 6.07) is 0.266. The van der Waals surface area contributed by atoms with Gasteiger partial charge < -0.3 is 5.73 Å². The van der Waals surface area contributed by atoms with E-state index in [9.17, 15) is 0 Å². The molecule has 0 aromatic carbocycles. The van der Waals surface area contributed by atoms with Crippen molar-refractivity contribution in [2.75, 3.05) is 0 Å². The smallest absolute Gasteiger partial charge is 0.00732 e. The van der Waals surface area contributed by atoms with Crippen LogP contribution in [0.4, 0.5) is 0 Å². The Bertz CT molecular complexity index is 76.6. The summed E-state index contributed by atoms with van der Waals surface area (Å²) in [6.45, 7) is 7.92. The van der Waals surface area contributed by atoms with Gasteiger partial charge in [-0.15, -0.1) is 6.58 Å². The summed E-state index contributed by atoms with van der Waals surface area (Å²) in [6.07, 6.45) is 4.31. The van der Waals surface area contributed by atoms with E-state index in [-0.39, 0.29) is 6.04 Å². The third-order valence-corrected chi connectivity index (χ3v) is 1.60. The Morgan fingerprint density at radius 2 is 2.22 bits per heavy atom. The van der Waals surface area contributed by atoms with Gasteiger partial charge in [0.15, 0.2) is 0 Å². The molecule has 1 unspecified atom stereocenters. The lowest BCUT2D eigenvalue weighted by molar-refractivity contribution is 0.493. The average Bonchev–Trinajstić information content (AvgIpc) is 1.82. The minimum absolute atomic E-state index is 0.266. The SMILES string of the molecule is C=CC(CCC)[C@@H](C)N. The number of hydrogen-bond donors (Lipinski definition) is 1. The van der Waals surface area contributed by atoms with Crippen LogP contribution in [0.1, 0.15) is 26.7 Å². The van der Waals surface area contributed by atoms with Crippen LogP contribution in [0.5, 0.6) is 0 Å². The third kappa shape index (κ3) is 3.31. The first-order valence-electron chi connectivity index (χ1n) is 3.60. The van der Waals surface area contributed by atoms with E-state index in [1.165, 1.54) is 12.8 Å². The molecule has 0 saturated carbocycles. The second-order valence-corrected chi connectivity index (χ2v) is 2.55. The Morgan fingerprint density at radius 1 is 1.67 bits per heavy atom. The fourth-order valence-corrected chi connectivity index (χ4v) is 0.929. The van der Waals surface area contributed by atoms with Crippen molar-refractivity contribution in [3.05, 3.63) is 12.7 Å². The van der Waals surface area contributed by atoms with Crippen molar-refractivity contribution in [3.8, 4) is 0 Å². The summed E-state index contributed by atoms with van der Waals surface area (Å²) in [5, 5.41) is 0. The van der Waals surface area contributed by atoms with E-state index < -0.39 is 0 Å². The van der Waals surface area contributed by atoms with Crippen molar-refractivity contribution in [1.29, 1.82) is 0 Å². The Hall–Kier alpha value is -0.300. The van der Waals surface area contributed by atoms with E-state index in [2.05, 4.69) is 13.5 Å². The summed E-state index contributed by atoms with van der Waals surface area (Å²) in [5.41, 5.74) is 5.66. The van der Waals surface area contributed by atoms with Crippen molar-refractivity contribution < 1.29 is 0 Å². The van der Waals surface area contributed by atoms with Gasteiger partial charge in [-0.3, -0.25) is 0 Å². The molecule has 0 amide bonds. The van der Waals surface area contributed by atoms with Crippen LogP contribution >= 0.6 is 0 Å². The van der Waals surface area contributed by atoms with Gasteiger partial charge in [-0.25, -0.2) is 0 Å². The minimum atomic E-state index is 0.266. The molecule has 0 aromatic heterocycles. The third-order valence-electron chi connectivity index (χ3n) is 1.60. The zero-order chi connectivity index (χ0) is 7.28. The molecule has 0 aliphatic rings.